The molecule has 0 amide bonds. The number of carbonyl (C=O) groups is 1. The van der Waals surface area contributed by atoms with Crippen LogP contribution in [-0.4, -0.2) is 42.0 Å². The van der Waals surface area contributed by atoms with Crippen LogP contribution in [0.5, 0.6) is 11.5 Å². The first-order chi connectivity index (χ1) is 17.3. The lowest BCUT2D eigenvalue weighted by atomic mass is 9.99. The third kappa shape index (κ3) is 7.98. The standard InChI is InChI=1S/C27H30ClF4NO4/c1-26(2,3)37-25(34)23-11-17(16-4-5-16)10-18(24(23)29)15-33-8-6-20(7-9-33)35-21-12-19(28)13-22(14-21)36-27(30,31)32/h10-14,16,20H,4-9,15H2,1-3H3. The molecule has 0 spiro atoms. The van der Waals surface area contributed by atoms with Gasteiger partial charge in [-0.05, 0) is 76.1 Å². The van der Waals surface area contributed by atoms with Crippen LogP contribution >= 0.6 is 11.6 Å². The van der Waals surface area contributed by atoms with Crippen LogP contribution in [0.4, 0.5) is 17.6 Å². The zero-order valence-electron chi connectivity index (χ0n) is 21.0. The summed E-state index contributed by atoms with van der Waals surface area (Å²) in [4.78, 5) is 14.8. The molecule has 0 aromatic heterocycles. The van der Waals surface area contributed by atoms with Gasteiger partial charge in [-0.25, -0.2) is 9.18 Å². The molecule has 1 saturated carbocycles. The van der Waals surface area contributed by atoms with Gasteiger partial charge in [0.1, 0.15) is 29.0 Å². The molecule has 4 rings (SSSR count). The van der Waals surface area contributed by atoms with Gasteiger partial charge >= 0.3 is 12.3 Å². The number of ether oxygens (including phenoxy) is 3. The van der Waals surface area contributed by atoms with Gasteiger partial charge in [0.05, 0.1) is 5.56 Å². The molecule has 2 fully saturated rings. The Morgan fingerprint density at radius 3 is 2.24 bits per heavy atom. The number of hydrogen-bond donors (Lipinski definition) is 0. The second-order valence-electron chi connectivity index (χ2n) is 10.6. The van der Waals surface area contributed by atoms with Gasteiger partial charge in [0.15, 0.2) is 0 Å². The summed E-state index contributed by atoms with van der Waals surface area (Å²) in [6, 6.07) is 7.13. The minimum atomic E-state index is -4.83. The molecular formula is C27H30ClF4NO4. The molecule has 10 heteroatoms. The molecule has 0 N–H and O–H groups in total. The predicted octanol–water partition coefficient (Wildman–Crippen LogP) is 7.25. The Morgan fingerprint density at radius 2 is 1.65 bits per heavy atom. The summed E-state index contributed by atoms with van der Waals surface area (Å²) in [6.07, 6.45) is -1.87. The molecule has 5 nitrogen and oxygen atoms in total. The molecule has 0 atom stereocenters. The maximum Gasteiger partial charge on any atom is 0.573 e. The van der Waals surface area contributed by atoms with E-state index in [0.29, 0.717) is 44.0 Å². The van der Waals surface area contributed by atoms with Crippen molar-refractivity contribution in [3.05, 3.63) is 57.9 Å². The second kappa shape index (κ2) is 10.7. The van der Waals surface area contributed by atoms with Gasteiger partial charge in [0.2, 0.25) is 0 Å². The van der Waals surface area contributed by atoms with E-state index in [9.17, 15) is 18.0 Å². The fraction of sp³-hybridized carbons (Fsp3) is 0.519. The van der Waals surface area contributed by atoms with E-state index in [1.54, 1.807) is 26.8 Å². The third-order valence-electron chi connectivity index (χ3n) is 6.15. The van der Waals surface area contributed by atoms with Gasteiger partial charge in [0, 0.05) is 36.3 Å². The molecule has 1 saturated heterocycles. The van der Waals surface area contributed by atoms with E-state index in [1.807, 2.05) is 6.07 Å². The number of rotatable bonds is 7. The maximum absolute atomic E-state index is 15.4. The maximum atomic E-state index is 15.4. The van der Waals surface area contributed by atoms with E-state index in [1.165, 1.54) is 6.07 Å². The summed E-state index contributed by atoms with van der Waals surface area (Å²) in [5.74, 6) is -1.15. The van der Waals surface area contributed by atoms with Crippen molar-refractivity contribution in [3.63, 3.8) is 0 Å². The van der Waals surface area contributed by atoms with E-state index < -0.39 is 29.5 Å². The first kappa shape index (κ1) is 27.5. The summed E-state index contributed by atoms with van der Waals surface area (Å²) in [6.45, 7) is 6.74. The Morgan fingerprint density at radius 1 is 1.00 bits per heavy atom. The number of halogens is 5. The van der Waals surface area contributed by atoms with Gasteiger partial charge in [-0.1, -0.05) is 17.7 Å². The molecule has 37 heavy (non-hydrogen) atoms. The van der Waals surface area contributed by atoms with Gasteiger partial charge in [-0.3, -0.25) is 4.90 Å². The number of alkyl halides is 3. The van der Waals surface area contributed by atoms with Crippen molar-refractivity contribution in [2.45, 2.75) is 77.0 Å². The van der Waals surface area contributed by atoms with Crippen LogP contribution in [0.2, 0.25) is 5.02 Å². The minimum absolute atomic E-state index is 0.0367. The highest BCUT2D eigenvalue weighted by atomic mass is 35.5. The van der Waals surface area contributed by atoms with Crippen LogP contribution in [0, 0.1) is 5.82 Å². The lowest BCUT2D eigenvalue weighted by molar-refractivity contribution is -0.274. The highest BCUT2D eigenvalue weighted by Gasteiger charge is 2.32. The van der Waals surface area contributed by atoms with Crippen LogP contribution in [0.1, 0.15) is 73.9 Å². The smallest absolute Gasteiger partial charge is 0.490 e. The fourth-order valence-electron chi connectivity index (χ4n) is 4.37. The molecule has 2 aliphatic rings. The summed E-state index contributed by atoms with van der Waals surface area (Å²) < 4.78 is 68.4. The first-order valence-electron chi connectivity index (χ1n) is 12.3. The van der Waals surface area contributed by atoms with Crippen LogP contribution < -0.4 is 9.47 Å². The van der Waals surface area contributed by atoms with Gasteiger partial charge in [0.25, 0.3) is 0 Å². The van der Waals surface area contributed by atoms with Crippen LogP contribution in [0.25, 0.3) is 0 Å². The molecular weight excluding hydrogens is 514 g/mol. The van der Waals surface area contributed by atoms with Crippen molar-refractivity contribution >= 4 is 17.6 Å². The fourth-order valence-corrected chi connectivity index (χ4v) is 4.59. The Bertz CT molecular complexity index is 1140. The number of benzene rings is 2. The van der Waals surface area contributed by atoms with Crippen molar-refractivity contribution in [2.24, 2.45) is 0 Å². The predicted molar refractivity (Wildman–Crippen MR) is 131 cm³/mol. The van der Waals surface area contributed by atoms with Gasteiger partial charge in [-0.2, -0.15) is 0 Å². The van der Waals surface area contributed by atoms with E-state index in [-0.39, 0.29) is 22.4 Å². The molecule has 202 valence electrons. The lowest BCUT2D eigenvalue weighted by Gasteiger charge is -2.32. The molecule has 0 radical (unpaired) electrons. The Labute approximate surface area is 218 Å². The largest absolute Gasteiger partial charge is 0.573 e. The molecule has 1 heterocycles. The summed E-state index contributed by atoms with van der Waals surface area (Å²) in [5, 5.41) is 0.0704. The molecule has 2 aromatic rings. The third-order valence-corrected chi connectivity index (χ3v) is 6.37. The molecule has 0 bridgehead atoms. The monoisotopic (exact) mass is 543 g/mol. The topological polar surface area (TPSA) is 48.0 Å². The van der Waals surface area contributed by atoms with E-state index in [4.69, 9.17) is 21.1 Å². The summed E-state index contributed by atoms with van der Waals surface area (Å²) in [5.41, 5.74) is 0.635. The minimum Gasteiger partial charge on any atom is -0.490 e. The Hall–Kier alpha value is -2.52. The van der Waals surface area contributed by atoms with E-state index >= 15 is 4.39 Å². The van der Waals surface area contributed by atoms with E-state index in [0.717, 1.165) is 30.5 Å². The SMILES string of the molecule is CC(C)(C)OC(=O)c1cc(C2CC2)cc(CN2CCC(Oc3cc(Cl)cc(OC(F)(F)F)c3)CC2)c1F. The Balaban J connectivity index is 1.40. The number of carbonyl (C=O) groups excluding carboxylic acids is 1. The molecule has 0 unspecified atom stereocenters. The zero-order chi connectivity index (χ0) is 27.0. The van der Waals surface area contributed by atoms with Crippen molar-refractivity contribution < 1.29 is 36.6 Å². The normalized spacial score (nSPS) is 17.5. The quantitative estimate of drug-likeness (QED) is 0.272. The highest BCUT2D eigenvalue weighted by Crippen LogP contribution is 2.41. The van der Waals surface area contributed by atoms with Gasteiger partial charge in [-0.15, -0.1) is 13.2 Å². The highest BCUT2D eigenvalue weighted by molar-refractivity contribution is 6.30. The Kier molecular flexibility index (Phi) is 7.95. The van der Waals surface area contributed by atoms with Crippen molar-refractivity contribution in [2.75, 3.05) is 13.1 Å². The van der Waals surface area contributed by atoms with Crippen molar-refractivity contribution in [3.8, 4) is 11.5 Å². The number of likely N-dealkylation sites (tertiary alicyclic amines) is 1. The van der Waals surface area contributed by atoms with E-state index in [2.05, 4.69) is 9.64 Å². The number of nitrogens with zero attached hydrogens (tertiary/aromatic N) is 1. The lowest BCUT2D eigenvalue weighted by Crippen LogP contribution is -2.38. The van der Waals surface area contributed by atoms with Crippen LogP contribution in [-0.2, 0) is 11.3 Å². The number of piperidine rings is 1. The summed E-state index contributed by atoms with van der Waals surface area (Å²) in [7, 11) is 0. The summed E-state index contributed by atoms with van der Waals surface area (Å²) >= 11 is 5.93. The average molecular weight is 544 g/mol. The molecule has 1 aliphatic carbocycles. The zero-order valence-corrected chi connectivity index (χ0v) is 21.7. The van der Waals surface area contributed by atoms with Gasteiger partial charge < -0.3 is 14.2 Å². The first-order valence-corrected chi connectivity index (χ1v) is 12.6. The molecule has 2 aromatic carbocycles. The van der Waals surface area contributed by atoms with Crippen molar-refractivity contribution in [1.82, 2.24) is 4.90 Å². The van der Waals surface area contributed by atoms with Crippen molar-refractivity contribution in [1.29, 1.82) is 0 Å². The van der Waals surface area contributed by atoms with Crippen LogP contribution in [0.3, 0.4) is 0 Å². The second-order valence-corrected chi connectivity index (χ2v) is 11.0. The number of hydrogen-bond acceptors (Lipinski definition) is 5. The average Bonchev–Trinajstić information content (AvgIpc) is 3.59. The number of esters is 1. The van der Waals surface area contributed by atoms with Crippen LogP contribution in [0.15, 0.2) is 30.3 Å². The molecule has 1 aliphatic heterocycles.